The molecule has 3 aliphatic rings. The number of carbonyl (C=O) groups is 2. The molecule has 2 aliphatic heterocycles. The van der Waals surface area contributed by atoms with Crippen molar-refractivity contribution in [3.8, 4) is 0 Å². The third kappa shape index (κ3) is 6.19. The minimum atomic E-state index is -0.719. The normalized spacial score (nSPS) is 22.6. The average Bonchev–Trinajstić information content (AvgIpc) is 3.25. The predicted octanol–water partition coefficient (Wildman–Crippen LogP) is 5.56. The van der Waals surface area contributed by atoms with E-state index in [9.17, 15) is 9.59 Å². The van der Waals surface area contributed by atoms with Crippen LogP contribution in [0.3, 0.4) is 0 Å². The van der Waals surface area contributed by atoms with Crippen molar-refractivity contribution in [3.05, 3.63) is 53.3 Å². The number of halogens is 1. The van der Waals surface area contributed by atoms with Crippen LogP contribution in [0.15, 0.2) is 40.8 Å². The van der Waals surface area contributed by atoms with Gasteiger partial charge in [-0.2, -0.15) is 0 Å². The molecule has 1 aliphatic carbocycles. The van der Waals surface area contributed by atoms with E-state index in [-0.39, 0.29) is 39.7 Å². The van der Waals surface area contributed by atoms with Gasteiger partial charge < -0.3 is 20.7 Å². The van der Waals surface area contributed by atoms with Gasteiger partial charge in [0.25, 0.3) is 5.91 Å². The molecular formula is C30H39FN4O3S. The molecule has 0 unspecified atom stereocenters. The zero-order valence-corrected chi connectivity index (χ0v) is 23.8. The molecule has 2 aromatic carbocycles. The molecule has 2 fully saturated rings. The van der Waals surface area contributed by atoms with Crippen LogP contribution in [0.5, 0.6) is 0 Å². The van der Waals surface area contributed by atoms with E-state index < -0.39 is 6.04 Å². The van der Waals surface area contributed by atoms with Gasteiger partial charge in [-0.3, -0.25) is 9.59 Å². The molecule has 1 spiro atoms. The number of rotatable bonds is 6. The zero-order chi connectivity index (χ0) is 27.6. The zero-order valence-electron chi connectivity index (χ0n) is 23.0. The first-order valence-electron chi connectivity index (χ1n) is 13.9. The number of hydrogen-bond acceptors (Lipinski definition) is 5. The lowest BCUT2D eigenvalue weighted by Crippen LogP contribution is -2.49. The summed E-state index contributed by atoms with van der Waals surface area (Å²) >= 11 is 0. The molecule has 9 heteroatoms. The molecule has 7 nitrogen and oxygen atoms in total. The monoisotopic (exact) mass is 554 g/mol. The summed E-state index contributed by atoms with van der Waals surface area (Å²) in [5, 5.41) is 9.31. The Morgan fingerprint density at radius 1 is 1.13 bits per heavy atom. The van der Waals surface area contributed by atoms with Gasteiger partial charge >= 0.3 is 0 Å². The summed E-state index contributed by atoms with van der Waals surface area (Å²) in [4.78, 5) is 27.0. The molecule has 0 radical (unpaired) electrons. The molecule has 1 saturated carbocycles. The van der Waals surface area contributed by atoms with E-state index in [4.69, 9.17) is 4.74 Å². The van der Waals surface area contributed by atoms with Crippen LogP contribution in [-0.2, 0) is 25.6 Å². The third-order valence-corrected chi connectivity index (χ3v) is 9.03. The van der Waals surface area contributed by atoms with Crippen molar-refractivity contribution in [3.63, 3.8) is 0 Å². The quantitative estimate of drug-likeness (QED) is 0.436. The molecule has 1 atom stereocenters. The van der Waals surface area contributed by atoms with Gasteiger partial charge in [-0.1, -0.05) is 25.8 Å². The third-order valence-electron chi connectivity index (χ3n) is 8.45. The van der Waals surface area contributed by atoms with Crippen molar-refractivity contribution in [2.45, 2.75) is 56.9 Å². The Balaban J connectivity index is 1.36. The molecule has 0 aromatic heterocycles. The Morgan fingerprint density at radius 3 is 2.59 bits per heavy atom. The van der Waals surface area contributed by atoms with Gasteiger partial charge in [0.05, 0.1) is 5.69 Å². The summed E-state index contributed by atoms with van der Waals surface area (Å²) in [5.74, 6) is -0.316. The van der Waals surface area contributed by atoms with Gasteiger partial charge in [0.2, 0.25) is 5.91 Å². The minimum Gasteiger partial charge on any atom is -0.384 e. The number of amides is 2. The molecule has 0 bridgehead atoms. The highest BCUT2D eigenvalue weighted by Gasteiger charge is 2.43. The lowest BCUT2D eigenvalue weighted by molar-refractivity contribution is -0.119. The van der Waals surface area contributed by atoms with Gasteiger partial charge in [-0.25, -0.2) is 8.75 Å². The highest BCUT2D eigenvalue weighted by Crippen LogP contribution is 2.46. The Bertz CT molecular complexity index is 1260. The smallest absolute Gasteiger partial charge is 0.252 e. The lowest BCUT2D eigenvalue weighted by Gasteiger charge is -2.33. The molecule has 3 N–H and O–H groups in total. The Labute approximate surface area is 232 Å². The second-order valence-electron chi connectivity index (χ2n) is 11.5. The van der Waals surface area contributed by atoms with Crippen LogP contribution in [0.4, 0.5) is 21.5 Å². The van der Waals surface area contributed by atoms with E-state index in [2.05, 4.69) is 27.2 Å². The predicted molar refractivity (Wildman–Crippen MR) is 155 cm³/mol. The fourth-order valence-corrected chi connectivity index (χ4v) is 6.81. The van der Waals surface area contributed by atoms with E-state index in [1.54, 1.807) is 12.1 Å². The van der Waals surface area contributed by atoms with Crippen molar-refractivity contribution in [2.24, 2.45) is 16.2 Å². The maximum Gasteiger partial charge on any atom is 0.252 e. The van der Waals surface area contributed by atoms with Crippen LogP contribution in [0.25, 0.3) is 0 Å². The lowest BCUT2D eigenvalue weighted by atomic mass is 9.75. The topological polar surface area (TPSA) is 91.8 Å². The highest BCUT2D eigenvalue weighted by atomic mass is 32.2. The van der Waals surface area contributed by atoms with Gasteiger partial charge in [-0.15, -0.1) is 10.7 Å². The standard InChI is InChI=1S/C30H39FN4O3S/c1-19-7-9-20(10-8-19)27(34-28(36)21-5-4-6-22(15-21)35-39(2)3)29(37)33-23-16-24(31)26-25(17-23)32-18-30(26)11-13-38-14-12-30/h4-6,15-17,19-20,27,32H,7-14,18H2,1-3H3,(H,33,37)(H,34,36)/t19?,20?,27-/m0/s1. The SMILES string of the molecule is CC1CCC([C@H](NC(=O)c2cccc(N=S(C)C)c2)C(=O)Nc2cc(F)c3c(c2)NCC32CCOCC2)CC1. The Kier molecular flexibility index (Phi) is 8.38. The van der Waals surface area contributed by atoms with Gasteiger partial charge in [0.15, 0.2) is 0 Å². The van der Waals surface area contributed by atoms with Crippen molar-refractivity contribution in [1.82, 2.24) is 5.32 Å². The number of nitrogens with one attached hydrogen (secondary N) is 3. The van der Waals surface area contributed by atoms with E-state index in [0.29, 0.717) is 42.5 Å². The minimum absolute atomic E-state index is 0.0121. The number of hydrogen-bond donors (Lipinski definition) is 3. The second-order valence-corrected chi connectivity index (χ2v) is 13.2. The largest absolute Gasteiger partial charge is 0.384 e. The molecule has 210 valence electrons. The van der Waals surface area contributed by atoms with E-state index in [1.807, 2.05) is 30.7 Å². The summed E-state index contributed by atoms with van der Waals surface area (Å²) in [6.07, 6.45) is 9.30. The van der Waals surface area contributed by atoms with Crippen molar-refractivity contribution in [1.29, 1.82) is 0 Å². The van der Waals surface area contributed by atoms with E-state index >= 15 is 4.39 Å². The van der Waals surface area contributed by atoms with Crippen LogP contribution >= 0.6 is 0 Å². The maximum atomic E-state index is 15.5. The molecule has 5 rings (SSSR count). The van der Waals surface area contributed by atoms with Crippen LogP contribution < -0.4 is 16.0 Å². The van der Waals surface area contributed by atoms with Crippen LogP contribution in [-0.4, -0.2) is 50.1 Å². The second kappa shape index (κ2) is 11.8. The number of benzene rings is 2. The molecule has 1 saturated heterocycles. The number of carbonyl (C=O) groups excluding carboxylic acids is 2. The summed E-state index contributed by atoms with van der Waals surface area (Å²) in [6.45, 7) is 4.13. The van der Waals surface area contributed by atoms with Crippen LogP contribution in [0.1, 0.15) is 61.4 Å². The molecular weight excluding hydrogens is 515 g/mol. The van der Waals surface area contributed by atoms with Crippen molar-refractivity contribution in [2.75, 3.05) is 42.9 Å². The summed E-state index contributed by atoms with van der Waals surface area (Å²) < 4.78 is 25.6. The highest BCUT2D eigenvalue weighted by molar-refractivity contribution is 7.85. The number of nitrogens with zero attached hydrogens (tertiary/aromatic N) is 1. The fraction of sp³-hybridized carbons (Fsp3) is 0.533. The fourth-order valence-electron chi connectivity index (χ4n) is 6.27. The van der Waals surface area contributed by atoms with Crippen molar-refractivity contribution < 1.29 is 18.7 Å². The first-order chi connectivity index (χ1) is 18.7. The van der Waals surface area contributed by atoms with Gasteiger partial charge in [0.1, 0.15) is 11.9 Å². The first-order valence-corrected chi connectivity index (χ1v) is 15.9. The maximum absolute atomic E-state index is 15.5. The van der Waals surface area contributed by atoms with Crippen LogP contribution in [0.2, 0.25) is 0 Å². The molecule has 39 heavy (non-hydrogen) atoms. The average molecular weight is 555 g/mol. The van der Waals surface area contributed by atoms with E-state index in [0.717, 1.165) is 49.9 Å². The number of fused-ring (bicyclic) bond motifs is 2. The van der Waals surface area contributed by atoms with Gasteiger partial charge in [-0.05, 0) is 80.4 Å². The van der Waals surface area contributed by atoms with Crippen LogP contribution in [0, 0.1) is 17.7 Å². The van der Waals surface area contributed by atoms with E-state index in [1.165, 1.54) is 6.07 Å². The molecule has 2 aromatic rings. The number of anilines is 2. The Hall–Kier alpha value is -2.78. The Morgan fingerprint density at radius 2 is 1.87 bits per heavy atom. The summed E-state index contributed by atoms with van der Waals surface area (Å²) in [7, 11) is -0.155. The number of ether oxygens (including phenoxy) is 1. The van der Waals surface area contributed by atoms with Crippen molar-refractivity contribution >= 4 is 39.6 Å². The molecule has 2 heterocycles. The first kappa shape index (κ1) is 27.8. The van der Waals surface area contributed by atoms with Gasteiger partial charge in [0, 0.05) is 47.7 Å². The summed E-state index contributed by atoms with van der Waals surface area (Å²) in [5.41, 5.74) is 2.78. The summed E-state index contributed by atoms with van der Waals surface area (Å²) in [6, 6.07) is 9.70. The molecule has 2 amide bonds.